The monoisotopic (exact) mass is 331 g/mol. The number of nitrogens with zero attached hydrogens (tertiary/aromatic N) is 1. The summed E-state index contributed by atoms with van der Waals surface area (Å²) >= 11 is 0. The van der Waals surface area contributed by atoms with Gasteiger partial charge in [0.25, 0.3) is 0 Å². The second kappa shape index (κ2) is 7.88. The molecule has 3 N–H and O–H groups in total. The Morgan fingerprint density at radius 2 is 2.12 bits per heavy atom. The third kappa shape index (κ3) is 4.01. The molecule has 1 unspecified atom stereocenters. The number of nitrogens with one attached hydrogen (secondary N) is 1. The zero-order valence-corrected chi connectivity index (χ0v) is 14.6. The molecular formula is C19H29N3O2. The fraction of sp³-hybridized carbons (Fsp3) is 0.632. The summed E-state index contributed by atoms with van der Waals surface area (Å²) in [6.45, 7) is 2.21. The normalized spacial score (nSPS) is 23.2. The zero-order chi connectivity index (χ0) is 16.8. The van der Waals surface area contributed by atoms with Gasteiger partial charge in [0.05, 0.1) is 25.8 Å². The smallest absolute Gasteiger partial charge is 0.189 e. The predicted molar refractivity (Wildman–Crippen MR) is 96.3 cm³/mol. The molecule has 1 atom stereocenters. The molecule has 24 heavy (non-hydrogen) atoms. The van der Waals surface area contributed by atoms with E-state index in [4.69, 9.17) is 15.2 Å². The van der Waals surface area contributed by atoms with E-state index in [-0.39, 0.29) is 11.5 Å². The molecule has 0 spiro atoms. The van der Waals surface area contributed by atoms with Crippen LogP contribution in [0.1, 0.15) is 50.1 Å². The third-order valence-corrected chi connectivity index (χ3v) is 5.23. The van der Waals surface area contributed by atoms with Gasteiger partial charge in [-0.15, -0.1) is 0 Å². The maximum absolute atomic E-state index is 6.19. The van der Waals surface area contributed by atoms with E-state index >= 15 is 0 Å². The van der Waals surface area contributed by atoms with Crippen molar-refractivity contribution in [2.45, 2.75) is 44.6 Å². The molecule has 3 rings (SSSR count). The van der Waals surface area contributed by atoms with E-state index in [0.717, 1.165) is 30.9 Å². The van der Waals surface area contributed by atoms with E-state index in [1.54, 1.807) is 7.11 Å². The number of ether oxygens (including phenoxy) is 2. The number of para-hydroxylation sites is 1. The number of aliphatic imine (C=N–C) groups is 1. The van der Waals surface area contributed by atoms with E-state index in [2.05, 4.69) is 16.4 Å². The highest BCUT2D eigenvalue weighted by molar-refractivity contribution is 5.78. The fourth-order valence-electron chi connectivity index (χ4n) is 3.93. The number of nitrogens with two attached hydrogens (primary N) is 1. The highest BCUT2D eigenvalue weighted by atomic mass is 16.5. The summed E-state index contributed by atoms with van der Waals surface area (Å²) in [5, 5.41) is 3.38. The highest BCUT2D eigenvalue weighted by Gasteiger charge is 2.32. The van der Waals surface area contributed by atoms with Gasteiger partial charge >= 0.3 is 0 Å². The maximum atomic E-state index is 6.19. The SMILES string of the molecule is COCC1(CN=C(N)NC2CCOc3ccccc32)CCCCC1. The highest BCUT2D eigenvalue weighted by Crippen LogP contribution is 2.37. The summed E-state index contributed by atoms with van der Waals surface area (Å²) in [6, 6.07) is 8.30. The maximum Gasteiger partial charge on any atom is 0.189 e. The Kier molecular flexibility index (Phi) is 5.61. The Morgan fingerprint density at radius 1 is 1.33 bits per heavy atom. The predicted octanol–water partition coefficient (Wildman–Crippen LogP) is 3.01. The first kappa shape index (κ1) is 17.1. The van der Waals surface area contributed by atoms with Crippen molar-refractivity contribution in [2.24, 2.45) is 16.1 Å². The molecular weight excluding hydrogens is 302 g/mol. The van der Waals surface area contributed by atoms with Crippen molar-refractivity contribution in [1.82, 2.24) is 5.32 Å². The topological polar surface area (TPSA) is 68.9 Å². The molecule has 0 bridgehead atoms. The molecule has 1 aliphatic heterocycles. The van der Waals surface area contributed by atoms with Crippen molar-refractivity contribution in [3.63, 3.8) is 0 Å². The average molecular weight is 331 g/mol. The minimum absolute atomic E-state index is 0.160. The lowest BCUT2D eigenvalue weighted by molar-refractivity contribution is 0.0555. The summed E-state index contributed by atoms with van der Waals surface area (Å²) in [6.07, 6.45) is 7.10. The van der Waals surface area contributed by atoms with Gasteiger partial charge in [0.1, 0.15) is 5.75 Å². The van der Waals surface area contributed by atoms with Crippen LogP contribution in [0.4, 0.5) is 0 Å². The Hall–Kier alpha value is -1.75. The van der Waals surface area contributed by atoms with Crippen LogP contribution >= 0.6 is 0 Å². The molecule has 1 aromatic carbocycles. The Bertz CT molecular complexity index is 562. The van der Waals surface area contributed by atoms with Crippen LogP contribution in [0.5, 0.6) is 5.75 Å². The Balaban J connectivity index is 1.64. The van der Waals surface area contributed by atoms with Crippen LogP contribution in [0.2, 0.25) is 0 Å². The standard InChI is InChI=1S/C19H29N3O2/c1-23-14-19(10-5-2-6-11-19)13-21-18(20)22-16-9-12-24-17-8-4-3-7-15(16)17/h3-4,7-8,16H,2,5-6,9-14H2,1H3,(H3,20,21,22). The third-order valence-electron chi connectivity index (χ3n) is 5.23. The van der Waals surface area contributed by atoms with Crippen LogP contribution in [0.25, 0.3) is 0 Å². The largest absolute Gasteiger partial charge is 0.493 e. The number of fused-ring (bicyclic) bond motifs is 1. The van der Waals surface area contributed by atoms with Crippen LogP contribution in [-0.2, 0) is 4.74 Å². The Morgan fingerprint density at radius 3 is 2.92 bits per heavy atom. The number of methoxy groups -OCH3 is 1. The zero-order valence-electron chi connectivity index (χ0n) is 14.6. The lowest BCUT2D eigenvalue weighted by Crippen LogP contribution is -2.39. The van der Waals surface area contributed by atoms with E-state index < -0.39 is 0 Å². The molecule has 0 radical (unpaired) electrons. The number of guanidine groups is 1. The van der Waals surface area contributed by atoms with Gasteiger partial charge in [-0.25, -0.2) is 0 Å². The molecule has 0 amide bonds. The molecule has 1 heterocycles. The fourth-order valence-corrected chi connectivity index (χ4v) is 3.93. The molecule has 1 fully saturated rings. The number of benzene rings is 1. The molecule has 132 valence electrons. The quantitative estimate of drug-likeness (QED) is 0.643. The molecule has 1 aliphatic carbocycles. The van der Waals surface area contributed by atoms with Crippen molar-refractivity contribution >= 4 is 5.96 Å². The molecule has 5 heteroatoms. The van der Waals surface area contributed by atoms with Gasteiger partial charge in [-0.2, -0.15) is 0 Å². The second-order valence-corrected chi connectivity index (χ2v) is 7.07. The number of hydrogen-bond acceptors (Lipinski definition) is 3. The van der Waals surface area contributed by atoms with Crippen LogP contribution in [0.15, 0.2) is 29.3 Å². The first-order valence-electron chi connectivity index (χ1n) is 9.00. The van der Waals surface area contributed by atoms with Crippen molar-refractivity contribution in [1.29, 1.82) is 0 Å². The summed E-state index contributed by atoms with van der Waals surface area (Å²) in [4.78, 5) is 4.67. The van der Waals surface area contributed by atoms with Crippen LogP contribution in [0, 0.1) is 5.41 Å². The van der Waals surface area contributed by atoms with Gasteiger partial charge in [-0.05, 0) is 18.9 Å². The van der Waals surface area contributed by atoms with Crippen molar-refractivity contribution in [3.05, 3.63) is 29.8 Å². The summed E-state index contributed by atoms with van der Waals surface area (Å²) in [7, 11) is 1.78. The minimum Gasteiger partial charge on any atom is -0.493 e. The first-order chi connectivity index (χ1) is 11.7. The van der Waals surface area contributed by atoms with Gasteiger partial charge in [0.2, 0.25) is 0 Å². The average Bonchev–Trinajstić information content (AvgIpc) is 2.62. The summed E-state index contributed by atoms with van der Waals surface area (Å²) in [5.74, 6) is 1.47. The van der Waals surface area contributed by atoms with Crippen LogP contribution in [-0.4, -0.2) is 32.8 Å². The first-order valence-corrected chi connectivity index (χ1v) is 9.00. The van der Waals surface area contributed by atoms with Crippen molar-refractivity contribution < 1.29 is 9.47 Å². The van der Waals surface area contributed by atoms with Crippen molar-refractivity contribution in [3.8, 4) is 5.75 Å². The molecule has 2 aliphatic rings. The van der Waals surface area contributed by atoms with E-state index in [0.29, 0.717) is 12.6 Å². The minimum atomic E-state index is 0.160. The molecule has 0 saturated heterocycles. The summed E-state index contributed by atoms with van der Waals surface area (Å²) in [5.41, 5.74) is 7.51. The number of hydrogen-bond donors (Lipinski definition) is 2. The van der Waals surface area contributed by atoms with Gasteiger partial charge in [-0.1, -0.05) is 37.5 Å². The Labute approximate surface area is 144 Å². The van der Waals surface area contributed by atoms with Gasteiger partial charge in [0, 0.05) is 24.5 Å². The molecule has 0 aromatic heterocycles. The molecule has 5 nitrogen and oxygen atoms in total. The van der Waals surface area contributed by atoms with Gasteiger partial charge in [-0.3, -0.25) is 4.99 Å². The van der Waals surface area contributed by atoms with E-state index in [9.17, 15) is 0 Å². The van der Waals surface area contributed by atoms with Crippen LogP contribution < -0.4 is 15.8 Å². The molecule has 1 saturated carbocycles. The van der Waals surface area contributed by atoms with Crippen molar-refractivity contribution in [2.75, 3.05) is 26.9 Å². The summed E-state index contributed by atoms with van der Waals surface area (Å²) < 4.78 is 11.2. The van der Waals surface area contributed by atoms with Gasteiger partial charge < -0.3 is 20.5 Å². The second-order valence-electron chi connectivity index (χ2n) is 7.07. The molecule has 1 aromatic rings. The van der Waals surface area contributed by atoms with E-state index in [1.165, 1.54) is 32.1 Å². The van der Waals surface area contributed by atoms with Gasteiger partial charge in [0.15, 0.2) is 5.96 Å². The lowest BCUT2D eigenvalue weighted by Gasteiger charge is -2.35. The van der Waals surface area contributed by atoms with E-state index in [1.807, 2.05) is 18.2 Å². The number of rotatable bonds is 5. The lowest BCUT2D eigenvalue weighted by atomic mass is 9.75. The van der Waals surface area contributed by atoms with Crippen LogP contribution in [0.3, 0.4) is 0 Å².